The molecule has 1 saturated carbocycles. The van der Waals surface area contributed by atoms with Crippen molar-refractivity contribution < 1.29 is 0 Å². The number of fused-ring (bicyclic) bond motifs is 1. The largest absolute Gasteiger partial charge is 0.333 e. The Hall–Kier alpha value is -3.11. The van der Waals surface area contributed by atoms with Crippen LogP contribution in [0, 0.1) is 0 Å². The van der Waals surface area contributed by atoms with Crippen LogP contribution in [0.25, 0.3) is 27.7 Å². The first kappa shape index (κ1) is 17.0. The highest BCUT2D eigenvalue weighted by molar-refractivity contribution is 6.33. The standard InChI is InChI=1S/C23H17ClN2O2/c24-20-7-2-1-6-18(20)16-10-11-19-21(13-16)25-23(28)26(22(19)27)17-5-3-4-15(12-17)14-8-9-14/h1-7,10-14H,8-9H2,(H,25,28). The van der Waals surface area contributed by atoms with Crippen LogP contribution in [0.1, 0.15) is 24.3 Å². The average molecular weight is 389 g/mol. The number of rotatable bonds is 3. The third kappa shape index (κ3) is 2.86. The number of hydrogen-bond acceptors (Lipinski definition) is 2. The fourth-order valence-electron chi connectivity index (χ4n) is 3.65. The molecular weight excluding hydrogens is 372 g/mol. The number of benzene rings is 3. The molecule has 0 bridgehead atoms. The van der Waals surface area contributed by atoms with Gasteiger partial charge in [-0.25, -0.2) is 9.36 Å². The molecular formula is C23H17ClN2O2. The van der Waals surface area contributed by atoms with Crippen molar-refractivity contribution in [2.24, 2.45) is 0 Å². The maximum atomic E-state index is 13.1. The molecule has 0 aliphatic heterocycles. The summed E-state index contributed by atoms with van der Waals surface area (Å²) in [6.45, 7) is 0. The number of aromatic amines is 1. The van der Waals surface area contributed by atoms with Gasteiger partial charge in [-0.3, -0.25) is 4.79 Å². The van der Waals surface area contributed by atoms with E-state index in [1.165, 1.54) is 10.1 Å². The summed E-state index contributed by atoms with van der Waals surface area (Å²) in [5.41, 5.74) is 3.22. The number of aromatic nitrogens is 2. The van der Waals surface area contributed by atoms with Crippen LogP contribution >= 0.6 is 11.6 Å². The summed E-state index contributed by atoms with van der Waals surface area (Å²) in [6, 6.07) is 20.6. The Kier molecular flexibility index (Phi) is 3.95. The quantitative estimate of drug-likeness (QED) is 0.544. The predicted octanol–water partition coefficient (Wildman–Crippen LogP) is 4.88. The Labute approximate surface area is 166 Å². The summed E-state index contributed by atoms with van der Waals surface area (Å²) in [4.78, 5) is 28.7. The van der Waals surface area contributed by atoms with Gasteiger partial charge >= 0.3 is 5.69 Å². The average Bonchev–Trinajstić information content (AvgIpc) is 3.53. The van der Waals surface area contributed by atoms with Gasteiger partial charge in [-0.1, -0.05) is 48.0 Å². The van der Waals surface area contributed by atoms with Gasteiger partial charge in [-0.05, 0) is 60.2 Å². The molecule has 1 fully saturated rings. The normalized spacial score (nSPS) is 13.8. The molecule has 0 amide bonds. The van der Waals surface area contributed by atoms with Crippen LogP contribution in [0.5, 0.6) is 0 Å². The minimum Gasteiger partial charge on any atom is -0.306 e. The van der Waals surface area contributed by atoms with Gasteiger partial charge in [0.05, 0.1) is 16.6 Å². The molecule has 5 heteroatoms. The molecule has 3 aromatic carbocycles. The lowest BCUT2D eigenvalue weighted by atomic mass is 10.0. The van der Waals surface area contributed by atoms with Crippen molar-refractivity contribution in [3.63, 3.8) is 0 Å². The van der Waals surface area contributed by atoms with Gasteiger partial charge in [0.25, 0.3) is 5.56 Å². The van der Waals surface area contributed by atoms with Crippen LogP contribution in [-0.2, 0) is 0 Å². The van der Waals surface area contributed by atoms with Gasteiger partial charge in [0.15, 0.2) is 0 Å². The summed E-state index contributed by atoms with van der Waals surface area (Å²) < 4.78 is 1.21. The van der Waals surface area contributed by atoms with E-state index in [9.17, 15) is 9.59 Å². The molecule has 28 heavy (non-hydrogen) atoms. The van der Waals surface area contributed by atoms with E-state index in [1.807, 2.05) is 42.5 Å². The van der Waals surface area contributed by atoms with E-state index in [0.29, 0.717) is 27.5 Å². The second kappa shape index (κ2) is 6.50. The molecule has 0 unspecified atom stereocenters. The summed E-state index contributed by atoms with van der Waals surface area (Å²) in [5.74, 6) is 0.549. The molecule has 4 nitrogen and oxygen atoms in total. The van der Waals surface area contributed by atoms with Crippen LogP contribution in [-0.4, -0.2) is 9.55 Å². The van der Waals surface area contributed by atoms with Crippen molar-refractivity contribution in [3.05, 3.63) is 98.2 Å². The smallest absolute Gasteiger partial charge is 0.306 e. The lowest BCUT2D eigenvalue weighted by molar-refractivity contribution is 0.897. The summed E-state index contributed by atoms with van der Waals surface area (Å²) in [5, 5.41) is 1.08. The topological polar surface area (TPSA) is 54.9 Å². The summed E-state index contributed by atoms with van der Waals surface area (Å²) in [7, 11) is 0. The molecule has 1 heterocycles. The Morgan fingerprint density at radius 2 is 1.75 bits per heavy atom. The van der Waals surface area contributed by atoms with Gasteiger partial charge in [0, 0.05) is 10.6 Å². The van der Waals surface area contributed by atoms with Crippen molar-refractivity contribution in [2.45, 2.75) is 18.8 Å². The van der Waals surface area contributed by atoms with Crippen LogP contribution in [0.4, 0.5) is 0 Å². The van der Waals surface area contributed by atoms with Gasteiger partial charge < -0.3 is 4.98 Å². The molecule has 0 spiro atoms. The van der Waals surface area contributed by atoms with E-state index in [0.717, 1.165) is 24.0 Å². The highest BCUT2D eigenvalue weighted by atomic mass is 35.5. The molecule has 0 saturated heterocycles. The maximum Gasteiger partial charge on any atom is 0.333 e. The van der Waals surface area contributed by atoms with Crippen LogP contribution in [0.3, 0.4) is 0 Å². The second-order valence-electron chi connectivity index (χ2n) is 7.18. The molecule has 0 radical (unpaired) electrons. The zero-order valence-corrected chi connectivity index (χ0v) is 15.7. The monoisotopic (exact) mass is 388 g/mol. The van der Waals surface area contributed by atoms with E-state index in [2.05, 4.69) is 11.1 Å². The minimum atomic E-state index is -0.443. The third-order valence-electron chi connectivity index (χ3n) is 5.26. The van der Waals surface area contributed by atoms with Gasteiger partial charge in [-0.2, -0.15) is 0 Å². The lowest BCUT2D eigenvalue weighted by Crippen LogP contribution is -2.33. The van der Waals surface area contributed by atoms with Crippen LogP contribution < -0.4 is 11.2 Å². The Morgan fingerprint density at radius 3 is 2.54 bits per heavy atom. The lowest BCUT2D eigenvalue weighted by Gasteiger charge is -2.10. The Morgan fingerprint density at radius 1 is 0.929 bits per heavy atom. The summed E-state index contributed by atoms with van der Waals surface area (Å²) >= 11 is 6.29. The Balaban J connectivity index is 1.68. The molecule has 5 rings (SSSR count). The molecule has 1 N–H and O–H groups in total. The van der Waals surface area contributed by atoms with Crippen molar-refractivity contribution in [3.8, 4) is 16.8 Å². The minimum absolute atomic E-state index is 0.322. The zero-order chi connectivity index (χ0) is 19.3. The highest BCUT2D eigenvalue weighted by Crippen LogP contribution is 2.40. The van der Waals surface area contributed by atoms with E-state index in [4.69, 9.17) is 11.6 Å². The molecule has 1 aliphatic carbocycles. The molecule has 0 atom stereocenters. The first-order valence-electron chi connectivity index (χ1n) is 9.26. The van der Waals surface area contributed by atoms with E-state index in [-0.39, 0.29) is 5.56 Å². The number of halogens is 1. The summed E-state index contributed by atoms with van der Waals surface area (Å²) in [6.07, 6.45) is 2.33. The predicted molar refractivity (Wildman–Crippen MR) is 113 cm³/mol. The van der Waals surface area contributed by atoms with Crippen LogP contribution in [0.2, 0.25) is 5.02 Å². The molecule has 4 aromatic rings. The van der Waals surface area contributed by atoms with Gasteiger partial charge in [0.2, 0.25) is 0 Å². The molecule has 1 aromatic heterocycles. The zero-order valence-electron chi connectivity index (χ0n) is 15.0. The second-order valence-corrected chi connectivity index (χ2v) is 7.59. The number of hydrogen-bond donors (Lipinski definition) is 1. The van der Waals surface area contributed by atoms with Gasteiger partial charge in [-0.15, -0.1) is 0 Å². The van der Waals surface area contributed by atoms with Crippen molar-refractivity contribution in [2.75, 3.05) is 0 Å². The van der Waals surface area contributed by atoms with Crippen molar-refractivity contribution >= 4 is 22.5 Å². The maximum absolute atomic E-state index is 13.1. The SMILES string of the molecule is O=c1[nH]c2cc(-c3ccccc3Cl)ccc2c(=O)n1-c1cccc(C2CC2)c1. The van der Waals surface area contributed by atoms with Gasteiger partial charge in [0.1, 0.15) is 0 Å². The highest BCUT2D eigenvalue weighted by Gasteiger charge is 2.24. The molecule has 138 valence electrons. The fourth-order valence-corrected chi connectivity index (χ4v) is 3.89. The van der Waals surface area contributed by atoms with E-state index < -0.39 is 5.69 Å². The molecule has 1 aliphatic rings. The Bertz CT molecular complexity index is 1330. The first-order chi connectivity index (χ1) is 13.6. The van der Waals surface area contributed by atoms with Crippen molar-refractivity contribution in [1.82, 2.24) is 9.55 Å². The first-order valence-corrected chi connectivity index (χ1v) is 9.64. The number of H-pyrrole nitrogens is 1. The van der Waals surface area contributed by atoms with E-state index in [1.54, 1.807) is 18.2 Å². The fraction of sp³-hybridized carbons (Fsp3) is 0.130. The van der Waals surface area contributed by atoms with Crippen molar-refractivity contribution in [1.29, 1.82) is 0 Å². The third-order valence-corrected chi connectivity index (χ3v) is 5.59. The van der Waals surface area contributed by atoms with E-state index >= 15 is 0 Å². The number of nitrogens with zero attached hydrogens (tertiary/aromatic N) is 1. The number of nitrogens with one attached hydrogen (secondary N) is 1. The van der Waals surface area contributed by atoms with Crippen LogP contribution in [0.15, 0.2) is 76.3 Å².